The van der Waals surface area contributed by atoms with Crippen LogP contribution in [0.5, 0.6) is 0 Å². The van der Waals surface area contributed by atoms with Gasteiger partial charge in [0.1, 0.15) is 5.82 Å². The fourth-order valence-electron chi connectivity index (χ4n) is 1.92. The summed E-state index contributed by atoms with van der Waals surface area (Å²) in [6.45, 7) is 3.62. The number of anilines is 2. The Morgan fingerprint density at radius 1 is 1.20 bits per heavy atom. The second-order valence-electron chi connectivity index (χ2n) is 4.34. The molecule has 0 radical (unpaired) electrons. The lowest BCUT2D eigenvalue weighted by Gasteiger charge is -2.10. The van der Waals surface area contributed by atoms with E-state index in [-0.39, 0.29) is 17.2 Å². The third-order valence-electron chi connectivity index (χ3n) is 2.72. The monoisotopic (exact) mass is 274 g/mol. The first-order chi connectivity index (χ1) is 9.51. The molecule has 0 saturated carbocycles. The molecule has 104 valence electrons. The predicted octanol–water partition coefficient (Wildman–Crippen LogP) is 2.53. The quantitative estimate of drug-likeness (QED) is 0.902. The van der Waals surface area contributed by atoms with Crippen LogP contribution in [0.1, 0.15) is 21.7 Å². The smallest absolute Gasteiger partial charge is 0.260 e. The van der Waals surface area contributed by atoms with Gasteiger partial charge >= 0.3 is 0 Å². The zero-order chi connectivity index (χ0) is 14.7. The molecular weight excluding hydrogens is 259 g/mol. The van der Waals surface area contributed by atoms with E-state index in [0.717, 1.165) is 11.4 Å². The fourth-order valence-corrected chi connectivity index (χ4v) is 1.92. The molecule has 0 fully saturated rings. The highest BCUT2D eigenvalue weighted by Crippen LogP contribution is 2.20. The van der Waals surface area contributed by atoms with Crippen molar-refractivity contribution in [3.05, 3.63) is 47.0 Å². The molecule has 20 heavy (non-hydrogen) atoms. The molecule has 1 amide bonds. The first kappa shape index (κ1) is 13.9. The third kappa shape index (κ3) is 2.90. The summed E-state index contributed by atoms with van der Waals surface area (Å²) in [7, 11) is 1.56. The number of halogens is 1. The van der Waals surface area contributed by atoms with Gasteiger partial charge in [0, 0.05) is 18.4 Å². The molecule has 0 atom stereocenters. The van der Waals surface area contributed by atoms with E-state index < -0.39 is 11.7 Å². The van der Waals surface area contributed by atoms with E-state index in [1.165, 1.54) is 18.2 Å². The maximum Gasteiger partial charge on any atom is 0.260 e. The van der Waals surface area contributed by atoms with Crippen molar-refractivity contribution in [2.75, 3.05) is 17.7 Å². The number of nitrogens with zero attached hydrogens (tertiary/aromatic N) is 2. The van der Waals surface area contributed by atoms with Crippen molar-refractivity contribution in [2.45, 2.75) is 13.8 Å². The molecule has 1 aromatic heterocycles. The number of para-hydroxylation sites is 1. The maximum absolute atomic E-state index is 13.6. The van der Waals surface area contributed by atoms with Gasteiger partial charge in [0.05, 0.1) is 11.3 Å². The number of rotatable bonds is 3. The summed E-state index contributed by atoms with van der Waals surface area (Å²) < 4.78 is 13.6. The molecule has 2 aromatic rings. The van der Waals surface area contributed by atoms with Gasteiger partial charge in [0.25, 0.3) is 5.91 Å². The molecule has 5 nitrogen and oxygen atoms in total. The van der Waals surface area contributed by atoms with Gasteiger partial charge < -0.3 is 5.32 Å². The van der Waals surface area contributed by atoms with Crippen LogP contribution in [0.2, 0.25) is 0 Å². The summed E-state index contributed by atoms with van der Waals surface area (Å²) in [5, 5.41) is 5.25. The van der Waals surface area contributed by atoms with E-state index in [2.05, 4.69) is 20.6 Å². The molecule has 1 heterocycles. The van der Waals surface area contributed by atoms with E-state index >= 15 is 0 Å². The van der Waals surface area contributed by atoms with Gasteiger partial charge in [-0.15, -0.1) is 0 Å². The second-order valence-corrected chi connectivity index (χ2v) is 4.34. The van der Waals surface area contributed by atoms with Gasteiger partial charge in [-0.1, -0.05) is 6.07 Å². The van der Waals surface area contributed by atoms with E-state index in [9.17, 15) is 9.18 Å². The van der Waals surface area contributed by atoms with Crippen LogP contribution in [0.3, 0.4) is 0 Å². The molecule has 0 unspecified atom stereocenters. The van der Waals surface area contributed by atoms with Crippen molar-refractivity contribution in [1.82, 2.24) is 9.97 Å². The number of carbonyl (C=O) groups excluding carboxylic acids is 1. The largest absolute Gasteiger partial charge is 0.385 e. The van der Waals surface area contributed by atoms with Crippen LogP contribution in [0.15, 0.2) is 24.3 Å². The number of hydrogen-bond acceptors (Lipinski definition) is 4. The molecule has 0 bridgehead atoms. The standard InChI is InChI=1S/C14H15FN4O/c1-8-7-9(2)18-14(17-8)19-13(20)10-5-4-6-11(15)12(10)16-3/h4-7,16H,1-3H3,(H,17,18,19,20). The lowest BCUT2D eigenvalue weighted by atomic mass is 10.1. The molecule has 0 aliphatic carbocycles. The highest BCUT2D eigenvalue weighted by molar-refractivity contribution is 6.07. The van der Waals surface area contributed by atoms with Gasteiger partial charge in [0.2, 0.25) is 5.95 Å². The molecule has 1 aromatic carbocycles. The maximum atomic E-state index is 13.6. The summed E-state index contributed by atoms with van der Waals surface area (Å²) in [4.78, 5) is 20.4. The number of aryl methyl sites for hydroxylation is 2. The van der Waals surface area contributed by atoms with Crippen molar-refractivity contribution in [2.24, 2.45) is 0 Å². The number of aromatic nitrogens is 2. The highest BCUT2D eigenvalue weighted by atomic mass is 19.1. The molecule has 2 rings (SSSR count). The predicted molar refractivity (Wildman–Crippen MR) is 75.4 cm³/mol. The third-order valence-corrected chi connectivity index (χ3v) is 2.72. The Kier molecular flexibility index (Phi) is 3.93. The van der Waals surface area contributed by atoms with Gasteiger partial charge in [-0.05, 0) is 32.0 Å². The van der Waals surface area contributed by atoms with Crippen molar-refractivity contribution < 1.29 is 9.18 Å². The van der Waals surface area contributed by atoms with Crippen LogP contribution < -0.4 is 10.6 Å². The van der Waals surface area contributed by atoms with Gasteiger partial charge in [-0.2, -0.15) is 0 Å². The van der Waals surface area contributed by atoms with E-state index in [1.54, 1.807) is 13.1 Å². The fraction of sp³-hybridized carbons (Fsp3) is 0.214. The van der Waals surface area contributed by atoms with Crippen LogP contribution in [0, 0.1) is 19.7 Å². The molecule has 0 aliphatic rings. The van der Waals surface area contributed by atoms with Gasteiger partial charge in [0.15, 0.2) is 0 Å². The first-order valence-electron chi connectivity index (χ1n) is 6.11. The Hall–Kier alpha value is -2.50. The molecular formula is C14H15FN4O. The molecule has 0 aliphatic heterocycles. The number of nitrogens with one attached hydrogen (secondary N) is 2. The first-order valence-corrected chi connectivity index (χ1v) is 6.11. The van der Waals surface area contributed by atoms with Crippen molar-refractivity contribution in [3.8, 4) is 0 Å². The molecule has 0 spiro atoms. The SMILES string of the molecule is CNc1c(F)cccc1C(=O)Nc1nc(C)cc(C)n1. The normalized spacial score (nSPS) is 10.2. The second kappa shape index (κ2) is 5.64. The van der Waals surface area contributed by atoms with E-state index in [1.807, 2.05) is 13.8 Å². The molecule has 6 heteroatoms. The topological polar surface area (TPSA) is 66.9 Å². The number of hydrogen-bond donors (Lipinski definition) is 2. The summed E-state index contributed by atoms with van der Waals surface area (Å²) in [5.74, 6) is -0.737. The lowest BCUT2D eigenvalue weighted by molar-refractivity contribution is 0.102. The van der Waals surface area contributed by atoms with Gasteiger partial charge in [-0.3, -0.25) is 10.1 Å². The molecule has 0 saturated heterocycles. The minimum absolute atomic E-state index is 0.148. The summed E-state index contributed by atoms with van der Waals surface area (Å²) in [6, 6.07) is 6.10. The Morgan fingerprint density at radius 2 is 1.85 bits per heavy atom. The van der Waals surface area contributed by atoms with Crippen LogP contribution >= 0.6 is 0 Å². The van der Waals surface area contributed by atoms with Crippen molar-refractivity contribution in [3.63, 3.8) is 0 Å². The lowest BCUT2D eigenvalue weighted by Crippen LogP contribution is -2.17. The summed E-state index contributed by atoms with van der Waals surface area (Å²) in [6.07, 6.45) is 0. The molecule has 2 N–H and O–H groups in total. The van der Waals surface area contributed by atoms with Crippen LogP contribution in [0.4, 0.5) is 16.0 Å². The number of amides is 1. The number of benzene rings is 1. The Bertz CT molecular complexity index is 637. The zero-order valence-electron chi connectivity index (χ0n) is 11.5. The van der Waals surface area contributed by atoms with E-state index in [0.29, 0.717) is 0 Å². The Morgan fingerprint density at radius 3 is 2.45 bits per heavy atom. The van der Waals surface area contributed by atoms with Crippen LogP contribution in [-0.2, 0) is 0 Å². The minimum Gasteiger partial charge on any atom is -0.385 e. The van der Waals surface area contributed by atoms with Gasteiger partial charge in [-0.25, -0.2) is 14.4 Å². The summed E-state index contributed by atoms with van der Waals surface area (Å²) >= 11 is 0. The highest BCUT2D eigenvalue weighted by Gasteiger charge is 2.15. The average molecular weight is 274 g/mol. The van der Waals surface area contributed by atoms with Crippen molar-refractivity contribution >= 4 is 17.5 Å². The minimum atomic E-state index is -0.485. The zero-order valence-corrected chi connectivity index (χ0v) is 11.5. The Balaban J connectivity index is 2.31. The van der Waals surface area contributed by atoms with Crippen LogP contribution in [0.25, 0.3) is 0 Å². The van der Waals surface area contributed by atoms with Crippen LogP contribution in [-0.4, -0.2) is 22.9 Å². The van der Waals surface area contributed by atoms with Crippen molar-refractivity contribution in [1.29, 1.82) is 0 Å². The summed E-state index contributed by atoms with van der Waals surface area (Å²) in [5.41, 5.74) is 1.85. The van der Waals surface area contributed by atoms with E-state index in [4.69, 9.17) is 0 Å². The average Bonchev–Trinajstić information content (AvgIpc) is 2.37. The number of carbonyl (C=O) groups is 1. The Labute approximate surface area is 116 Å².